The van der Waals surface area contributed by atoms with Crippen LogP contribution in [-0.2, 0) is 4.79 Å². The van der Waals surface area contributed by atoms with Crippen LogP contribution in [0.4, 0.5) is 5.95 Å². The van der Waals surface area contributed by atoms with Crippen LogP contribution in [0.3, 0.4) is 0 Å². The Morgan fingerprint density at radius 3 is 2.56 bits per heavy atom. The summed E-state index contributed by atoms with van der Waals surface area (Å²) in [6.45, 7) is 4.60. The van der Waals surface area contributed by atoms with Gasteiger partial charge in [-0.3, -0.25) is 9.59 Å². The third kappa shape index (κ3) is 2.82. The van der Waals surface area contributed by atoms with Gasteiger partial charge in [-0.15, -0.1) is 0 Å². The first-order valence-corrected chi connectivity index (χ1v) is 5.98. The summed E-state index contributed by atoms with van der Waals surface area (Å²) < 4.78 is 0. The summed E-state index contributed by atoms with van der Waals surface area (Å²) in [4.78, 5) is 34.0. The molecule has 6 nitrogen and oxygen atoms in total. The normalized spacial score (nSPS) is 16.3. The van der Waals surface area contributed by atoms with E-state index in [0.29, 0.717) is 18.1 Å². The maximum atomic E-state index is 11.3. The van der Waals surface area contributed by atoms with E-state index < -0.39 is 0 Å². The van der Waals surface area contributed by atoms with E-state index in [-0.39, 0.29) is 5.91 Å². The van der Waals surface area contributed by atoms with Crippen LogP contribution < -0.4 is 4.90 Å². The van der Waals surface area contributed by atoms with Crippen molar-refractivity contribution in [2.45, 2.75) is 13.3 Å². The molecule has 1 aromatic heterocycles. The number of hydrogen-bond donors (Lipinski definition) is 0. The monoisotopic (exact) mass is 248 g/mol. The highest BCUT2D eigenvalue weighted by atomic mass is 16.2. The van der Waals surface area contributed by atoms with Crippen molar-refractivity contribution in [1.82, 2.24) is 14.9 Å². The fourth-order valence-electron chi connectivity index (χ4n) is 1.99. The van der Waals surface area contributed by atoms with Crippen LogP contribution >= 0.6 is 0 Å². The summed E-state index contributed by atoms with van der Waals surface area (Å²) in [5, 5.41) is 0. The lowest BCUT2D eigenvalue weighted by molar-refractivity contribution is -0.128. The molecule has 96 valence electrons. The van der Waals surface area contributed by atoms with Crippen molar-refractivity contribution in [2.75, 3.05) is 31.1 Å². The van der Waals surface area contributed by atoms with Crippen molar-refractivity contribution in [2.24, 2.45) is 0 Å². The second kappa shape index (κ2) is 5.57. The van der Waals surface area contributed by atoms with Gasteiger partial charge in [0.05, 0.1) is 5.56 Å². The Hall–Kier alpha value is -1.98. The minimum Gasteiger partial charge on any atom is -0.341 e. The predicted octanol–water partition coefficient (Wildman–Crippen LogP) is 0.348. The molecule has 2 rings (SSSR count). The van der Waals surface area contributed by atoms with Crippen LogP contribution in [0.2, 0.25) is 0 Å². The molecule has 0 atom stereocenters. The summed E-state index contributed by atoms with van der Waals surface area (Å²) in [5.41, 5.74) is 0.471. The van der Waals surface area contributed by atoms with Gasteiger partial charge in [-0.25, -0.2) is 9.97 Å². The van der Waals surface area contributed by atoms with Crippen molar-refractivity contribution in [3.63, 3.8) is 0 Å². The Balaban J connectivity index is 2.04. The van der Waals surface area contributed by atoms with Crippen LogP contribution in [0.5, 0.6) is 0 Å². The summed E-state index contributed by atoms with van der Waals surface area (Å²) in [7, 11) is 0. The first-order valence-electron chi connectivity index (χ1n) is 5.98. The number of carbonyl (C=O) groups excluding carboxylic acids is 2. The van der Waals surface area contributed by atoms with Crippen molar-refractivity contribution in [3.05, 3.63) is 18.0 Å². The van der Waals surface area contributed by atoms with Gasteiger partial charge in [0.2, 0.25) is 11.9 Å². The van der Waals surface area contributed by atoms with Gasteiger partial charge in [0.25, 0.3) is 0 Å². The summed E-state index contributed by atoms with van der Waals surface area (Å²) >= 11 is 0. The fraction of sp³-hybridized carbons (Fsp3) is 0.500. The number of nitrogens with zero attached hydrogens (tertiary/aromatic N) is 4. The molecule has 0 unspecified atom stereocenters. The van der Waals surface area contributed by atoms with Crippen LogP contribution in [0.15, 0.2) is 12.4 Å². The van der Waals surface area contributed by atoms with Crippen LogP contribution in [-0.4, -0.2) is 53.2 Å². The van der Waals surface area contributed by atoms with Gasteiger partial charge in [0.1, 0.15) is 0 Å². The van der Waals surface area contributed by atoms with Gasteiger partial charge in [0, 0.05) is 45.5 Å². The standard InChI is InChI=1S/C12H16N4O2/c1-10(18)15-3-2-4-16(6-5-15)12-13-7-11(9-17)8-14-12/h7-9H,2-6H2,1H3. The first kappa shape index (κ1) is 12.5. The van der Waals surface area contributed by atoms with Gasteiger partial charge in [0.15, 0.2) is 6.29 Å². The molecule has 1 aliphatic rings. The van der Waals surface area contributed by atoms with E-state index in [1.165, 1.54) is 12.4 Å². The molecule has 1 aromatic rings. The van der Waals surface area contributed by atoms with Gasteiger partial charge in [-0.1, -0.05) is 0 Å². The quantitative estimate of drug-likeness (QED) is 0.706. The molecule has 1 amide bonds. The fourth-order valence-corrected chi connectivity index (χ4v) is 1.99. The molecule has 2 heterocycles. The minimum absolute atomic E-state index is 0.106. The van der Waals surface area contributed by atoms with E-state index in [0.717, 1.165) is 32.3 Å². The number of aromatic nitrogens is 2. The van der Waals surface area contributed by atoms with E-state index in [2.05, 4.69) is 9.97 Å². The number of aldehydes is 1. The molecule has 0 radical (unpaired) electrons. The molecule has 1 fully saturated rings. The van der Waals surface area contributed by atoms with Crippen molar-refractivity contribution in [1.29, 1.82) is 0 Å². The molecule has 0 spiro atoms. The molecular weight excluding hydrogens is 232 g/mol. The topological polar surface area (TPSA) is 66.4 Å². The number of carbonyl (C=O) groups is 2. The third-order valence-corrected chi connectivity index (χ3v) is 3.02. The first-order chi connectivity index (χ1) is 8.70. The second-order valence-corrected chi connectivity index (χ2v) is 4.28. The van der Waals surface area contributed by atoms with Crippen molar-refractivity contribution >= 4 is 18.1 Å². The highest BCUT2D eigenvalue weighted by molar-refractivity contribution is 5.74. The van der Waals surface area contributed by atoms with Crippen LogP contribution in [0, 0.1) is 0 Å². The summed E-state index contributed by atoms with van der Waals surface area (Å²) in [5.74, 6) is 0.722. The Morgan fingerprint density at radius 2 is 1.94 bits per heavy atom. The van der Waals surface area contributed by atoms with Crippen LogP contribution in [0.25, 0.3) is 0 Å². The molecule has 1 aliphatic heterocycles. The van der Waals surface area contributed by atoms with Crippen LogP contribution in [0.1, 0.15) is 23.7 Å². The Labute approximate surface area is 106 Å². The van der Waals surface area contributed by atoms with Gasteiger partial charge < -0.3 is 9.80 Å². The highest BCUT2D eigenvalue weighted by Gasteiger charge is 2.17. The van der Waals surface area contributed by atoms with Gasteiger partial charge in [-0.2, -0.15) is 0 Å². The number of amides is 1. The Bertz CT molecular complexity index is 432. The minimum atomic E-state index is 0.106. The molecule has 0 N–H and O–H groups in total. The molecule has 0 bridgehead atoms. The molecule has 18 heavy (non-hydrogen) atoms. The zero-order chi connectivity index (χ0) is 13.0. The second-order valence-electron chi connectivity index (χ2n) is 4.28. The Morgan fingerprint density at radius 1 is 1.22 bits per heavy atom. The lowest BCUT2D eigenvalue weighted by Crippen LogP contribution is -2.34. The molecule has 0 aliphatic carbocycles. The van der Waals surface area contributed by atoms with Crippen molar-refractivity contribution in [3.8, 4) is 0 Å². The van der Waals surface area contributed by atoms with E-state index in [4.69, 9.17) is 0 Å². The third-order valence-electron chi connectivity index (χ3n) is 3.02. The van der Waals surface area contributed by atoms with Gasteiger partial charge in [-0.05, 0) is 6.42 Å². The smallest absolute Gasteiger partial charge is 0.225 e. The maximum Gasteiger partial charge on any atom is 0.225 e. The molecular formula is C12H16N4O2. The number of rotatable bonds is 2. The van der Waals surface area contributed by atoms with E-state index in [9.17, 15) is 9.59 Å². The largest absolute Gasteiger partial charge is 0.341 e. The van der Waals surface area contributed by atoms with E-state index in [1.807, 2.05) is 9.80 Å². The van der Waals surface area contributed by atoms with Crippen molar-refractivity contribution < 1.29 is 9.59 Å². The maximum absolute atomic E-state index is 11.3. The Kier molecular flexibility index (Phi) is 3.86. The van der Waals surface area contributed by atoms with Gasteiger partial charge >= 0.3 is 0 Å². The van der Waals surface area contributed by atoms with E-state index >= 15 is 0 Å². The average Bonchev–Trinajstić information content (AvgIpc) is 2.64. The lowest BCUT2D eigenvalue weighted by Gasteiger charge is -2.21. The summed E-state index contributed by atoms with van der Waals surface area (Å²) in [6, 6.07) is 0. The zero-order valence-electron chi connectivity index (χ0n) is 10.4. The molecule has 1 saturated heterocycles. The van der Waals surface area contributed by atoms with E-state index in [1.54, 1.807) is 6.92 Å². The molecule has 0 saturated carbocycles. The average molecular weight is 248 g/mol. The molecule has 0 aromatic carbocycles. The number of anilines is 1. The zero-order valence-corrected chi connectivity index (χ0v) is 10.4. The SMILES string of the molecule is CC(=O)N1CCCN(c2ncc(C=O)cn2)CC1. The molecule has 6 heteroatoms. The summed E-state index contributed by atoms with van der Waals surface area (Å²) in [6.07, 6.45) is 4.66. The lowest BCUT2D eigenvalue weighted by atomic mass is 10.4. The predicted molar refractivity (Wildman–Crippen MR) is 66.5 cm³/mol. The highest BCUT2D eigenvalue weighted by Crippen LogP contribution is 2.10. The number of hydrogen-bond acceptors (Lipinski definition) is 5.